The largest absolute Gasteiger partial charge is 0.497 e. The highest BCUT2D eigenvalue weighted by Crippen LogP contribution is 2.58. The molecule has 2 aliphatic carbocycles. The number of ether oxygens (including phenoxy) is 4. The van der Waals surface area contributed by atoms with Gasteiger partial charge in [-0.15, -0.1) is 0 Å². The van der Waals surface area contributed by atoms with Crippen LogP contribution in [0.1, 0.15) is 111 Å². The molecule has 1 aromatic heterocycles. The van der Waals surface area contributed by atoms with Gasteiger partial charge in [0, 0.05) is 23.8 Å². The van der Waals surface area contributed by atoms with Crippen LogP contribution in [0, 0.1) is 29.1 Å². The molecule has 7 atom stereocenters. The summed E-state index contributed by atoms with van der Waals surface area (Å²) in [6.07, 6.45) is 4.33. The van der Waals surface area contributed by atoms with E-state index >= 15 is 4.79 Å². The number of rotatable bonds is 11. The number of nitrogens with one attached hydrogen (secondary N) is 1. The number of allylic oxidation sites excluding steroid dienone is 2. The van der Waals surface area contributed by atoms with E-state index in [4.69, 9.17) is 23.9 Å². The Morgan fingerprint density at radius 3 is 2.59 bits per heavy atom. The third-order valence-electron chi connectivity index (χ3n) is 13.8. The smallest absolute Gasteiger partial charge is 0.307 e. The van der Waals surface area contributed by atoms with Gasteiger partial charge in [0.2, 0.25) is 33.6 Å². The number of benzene rings is 1. The van der Waals surface area contributed by atoms with E-state index in [1.54, 1.807) is 20.1 Å². The molecule has 5 aliphatic rings. The minimum Gasteiger partial charge on any atom is -0.497 e. The average molecular weight is 872 g/mol. The van der Waals surface area contributed by atoms with Gasteiger partial charge in [-0.3, -0.25) is 23.9 Å². The van der Waals surface area contributed by atoms with Crippen molar-refractivity contribution in [1.82, 2.24) is 14.6 Å². The van der Waals surface area contributed by atoms with E-state index in [-0.39, 0.29) is 43.5 Å². The first kappa shape index (κ1) is 44.7. The van der Waals surface area contributed by atoms with Crippen LogP contribution >= 0.6 is 0 Å². The number of carbonyl (C=O) groups is 4. The van der Waals surface area contributed by atoms with Crippen molar-refractivity contribution in [3.8, 4) is 17.5 Å². The highest BCUT2D eigenvalue weighted by molar-refractivity contribution is 7.91. The van der Waals surface area contributed by atoms with Crippen LogP contribution in [0.15, 0.2) is 30.4 Å². The van der Waals surface area contributed by atoms with E-state index in [2.05, 4.69) is 4.72 Å². The third kappa shape index (κ3) is 9.11. The fourth-order valence-corrected chi connectivity index (χ4v) is 10.7. The number of hydrogen-bond donors (Lipinski definition) is 1. The number of hydrogen-bond acceptors (Lipinski definition) is 11. The number of aromatic nitrogens is 1. The minimum atomic E-state index is -4.02. The van der Waals surface area contributed by atoms with E-state index in [1.165, 1.54) is 4.90 Å². The van der Waals surface area contributed by atoms with Gasteiger partial charge < -0.3 is 23.8 Å². The predicted octanol–water partition coefficient (Wildman–Crippen LogP) is 6.88. The maximum Gasteiger partial charge on any atom is 0.307 e. The summed E-state index contributed by atoms with van der Waals surface area (Å²) in [5.41, 5.74) is -2.53. The summed E-state index contributed by atoms with van der Waals surface area (Å²) in [6.45, 7) is 8.17. The van der Waals surface area contributed by atoms with Crippen LogP contribution in [-0.4, -0.2) is 91.0 Å². The monoisotopic (exact) mass is 871 g/mol. The van der Waals surface area contributed by atoms with Gasteiger partial charge in [0.15, 0.2) is 11.4 Å². The SMILES string of the molecule is CC[C@@H]1C[C@@H](C)CC/C=C\[C@@H]2C[C@@]2(C(=O)NS(=O)(=O)C2(C)CC2)CC(=O)[C@@H]2C[C@@H](Oc3nc4c(c5cc(OC)ccc35)CCCO4)CN2C(=O)[C@H]1CC(=O)OC(C)(C)C(F)F. The van der Waals surface area contributed by atoms with Gasteiger partial charge >= 0.3 is 5.97 Å². The summed E-state index contributed by atoms with van der Waals surface area (Å²) in [4.78, 5) is 63.8. The van der Waals surface area contributed by atoms with E-state index in [1.807, 2.05) is 38.1 Å². The maximum atomic E-state index is 15.1. The van der Waals surface area contributed by atoms with Crippen LogP contribution in [0.25, 0.3) is 10.8 Å². The van der Waals surface area contributed by atoms with Crippen molar-refractivity contribution >= 4 is 44.4 Å². The second-order valence-corrected chi connectivity index (χ2v) is 20.9. The van der Waals surface area contributed by atoms with Crippen molar-refractivity contribution in [1.29, 1.82) is 0 Å². The average Bonchev–Trinajstić information content (AvgIpc) is 4.10. The van der Waals surface area contributed by atoms with Gasteiger partial charge in [0.25, 0.3) is 6.43 Å². The van der Waals surface area contributed by atoms with Crippen LogP contribution in [0.3, 0.4) is 0 Å². The molecule has 16 heteroatoms. The van der Waals surface area contributed by atoms with Crippen molar-refractivity contribution in [2.75, 3.05) is 20.3 Å². The van der Waals surface area contributed by atoms with Crippen LogP contribution in [0.4, 0.5) is 8.78 Å². The molecule has 2 amide bonds. The highest BCUT2D eigenvalue weighted by atomic mass is 32.2. The normalized spacial score (nSPS) is 29.6. The fraction of sp³-hybridized carbons (Fsp3) is 0.667. The zero-order chi connectivity index (χ0) is 44.1. The number of amides is 2. The molecular formula is C45H59F2N3O10S. The van der Waals surface area contributed by atoms with E-state index < -0.39 is 86.2 Å². The molecule has 1 saturated heterocycles. The maximum absolute atomic E-state index is 15.1. The van der Waals surface area contributed by atoms with Crippen LogP contribution < -0.4 is 18.9 Å². The van der Waals surface area contributed by atoms with Gasteiger partial charge in [-0.25, -0.2) is 17.2 Å². The first-order valence-corrected chi connectivity index (χ1v) is 23.2. The molecule has 7 rings (SSSR count). The second-order valence-electron chi connectivity index (χ2n) is 18.7. The quantitative estimate of drug-likeness (QED) is 0.185. The molecular weight excluding hydrogens is 813 g/mol. The Bertz CT molecular complexity index is 2190. The Morgan fingerprint density at radius 2 is 1.90 bits per heavy atom. The molecule has 2 saturated carbocycles. The molecule has 0 spiro atoms. The lowest BCUT2D eigenvalue weighted by Crippen LogP contribution is -2.48. The Balaban J connectivity index is 1.26. The summed E-state index contributed by atoms with van der Waals surface area (Å²) in [6, 6.07) is 4.40. The number of carbonyl (C=O) groups excluding carboxylic acids is 4. The number of aryl methyl sites for hydroxylation is 1. The van der Waals surface area contributed by atoms with Gasteiger partial charge in [-0.1, -0.05) is 32.4 Å². The van der Waals surface area contributed by atoms with Crippen molar-refractivity contribution < 1.29 is 55.3 Å². The molecule has 1 aromatic carbocycles. The molecule has 334 valence electrons. The molecule has 3 aliphatic heterocycles. The van der Waals surface area contributed by atoms with Crippen molar-refractivity contribution in [3.05, 3.63) is 35.9 Å². The number of sulfonamides is 1. The van der Waals surface area contributed by atoms with Gasteiger partial charge in [0.05, 0.1) is 48.8 Å². The number of alkyl halides is 2. The number of pyridine rings is 1. The van der Waals surface area contributed by atoms with Crippen LogP contribution in [0.5, 0.6) is 17.5 Å². The number of nitrogens with zero attached hydrogens (tertiary/aromatic N) is 2. The lowest BCUT2D eigenvalue weighted by Gasteiger charge is -2.34. The Kier molecular flexibility index (Phi) is 12.5. The van der Waals surface area contributed by atoms with Crippen LogP contribution in [0.2, 0.25) is 0 Å². The van der Waals surface area contributed by atoms with Crippen molar-refractivity contribution in [2.45, 2.75) is 141 Å². The second kappa shape index (κ2) is 17.1. The Hall–Kier alpha value is -4.34. The molecule has 0 bridgehead atoms. The number of esters is 1. The zero-order valence-electron chi connectivity index (χ0n) is 36.0. The molecule has 0 unspecified atom stereocenters. The summed E-state index contributed by atoms with van der Waals surface area (Å²) in [5.74, 6) is -3.08. The predicted molar refractivity (Wildman–Crippen MR) is 222 cm³/mol. The lowest BCUT2D eigenvalue weighted by atomic mass is 9.79. The fourth-order valence-electron chi connectivity index (χ4n) is 9.35. The lowest BCUT2D eigenvalue weighted by molar-refractivity contribution is -0.174. The highest BCUT2D eigenvalue weighted by Gasteiger charge is 2.63. The number of Topliss-reactive ketones (excluding diaryl/α,β-unsaturated/α-hetero) is 1. The summed E-state index contributed by atoms with van der Waals surface area (Å²) < 4.78 is 79.1. The summed E-state index contributed by atoms with van der Waals surface area (Å²) in [7, 11) is -2.44. The van der Waals surface area contributed by atoms with Crippen molar-refractivity contribution in [2.24, 2.45) is 29.1 Å². The molecule has 61 heavy (non-hydrogen) atoms. The standard InChI is InChI=1S/C45H59F2N3O10S/c1-7-27-19-26(2)11-8-9-12-28-23-45(28,42(54)49-61(55,56)44(5)16-17-44)24-36(51)35-21-30(25-50(35)40(53)33(27)22-37(52)60-43(3,4)41(46)47)59-39-32-15-14-29(57-6)20-34(32)31-13-10-18-58-38(31)48-39/h9,12,14-15,20,26-28,30,33,35,41H,7-8,10-11,13,16-19,21-25H2,1-6H3,(H,49,54)/b12-9-/t26-,27+,28+,30+,33-,35-,45+/m0/s1. The van der Waals surface area contributed by atoms with Gasteiger partial charge in [-0.05, 0) is 113 Å². The number of halogens is 2. The van der Waals surface area contributed by atoms with Gasteiger partial charge in [-0.2, -0.15) is 4.98 Å². The van der Waals surface area contributed by atoms with Crippen molar-refractivity contribution in [3.63, 3.8) is 0 Å². The summed E-state index contributed by atoms with van der Waals surface area (Å²) in [5, 5.41) is 1.52. The summed E-state index contributed by atoms with van der Waals surface area (Å²) >= 11 is 0. The topological polar surface area (TPSA) is 168 Å². The molecule has 13 nitrogen and oxygen atoms in total. The zero-order valence-corrected chi connectivity index (χ0v) is 36.8. The first-order valence-electron chi connectivity index (χ1n) is 21.7. The number of methoxy groups -OCH3 is 1. The van der Waals surface area contributed by atoms with E-state index in [9.17, 15) is 31.6 Å². The number of fused-ring (bicyclic) bond motifs is 5. The van der Waals surface area contributed by atoms with Gasteiger partial charge in [0.1, 0.15) is 11.9 Å². The van der Waals surface area contributed by atoms with E-state index in [0.717, 1.165) is 37.6 Å². The number of ketones is 1. The molecule has 4 heterocycles. The minimum absolute atomic E-state index is 0.0131. The Labute approximate surface area is 356 Å². The third-order valence-corrected chi connectivity index (χ3v) is 15.9. The van der Waals surface area contributed by atoms with Crippen LogP contribution in [-0.2, 0) is 40.4 Å². The molecule has 3 fully saturated rings. The molecule has 1 N–H and O–H groups in total. The van der Waals surface area contributed by atoms with E-state index in [0.29, 0.717) is 62.1 Å². The molecule has 0 radical (unpaired) electrons. The Morgan fingerprint density at radius 1 is 1.15 bits per heavy atom. The first-order chi connectivity index (χ1) is 28.8. The molecule has 2 aromatic rings.